The molecule has 0 amide bonds. The molecule has 0 bridgehead atoms. The number of aliphatic hydroxyl groups excluding tert-OH is 1. The van der Waals surface area contributed by atoms with E-state index >= 15 is 0 Å². The van der Waals surface area contributed by atoms with Gasteiger partial charge in [-0.25, -0.2) is 0 Å². The summed E-state index contributed by atoms with van der Waals surface area (Å²) in [5.41, 5.74) is 0.166. The maximum absolute atomic E-state index is 14.7. The maximum atomic E-state index is 14.7. The maximum Gasteiger partial charge on any atom is 0.306 e. The minimum atomic E-state index is -0.898. The second-order valence-corrected chi connectivity index (χ2v) is 17.1. The summed E-state index contributed by atoms with van der Waals surface area (Å²) in [4.78, 5) is 30.6. The summed E-state index contributed by atoms with van der Waals surface area (Å²) >= 11 is 0. The second kappa shape index (κ2) is 18.1. The smallest absolute Gasteiger partial charge is 0.306 e. The Morgan fingerprint density at radius 2 is 1.69 bits per heavy atom. The molecule has 54 heavy (non-hydrogen) atoms. The Kier molecular flexibility index (Phi) is 14.0. The Labute approximate surface area is 323 Å². The summed E-state index contributed by atoms with van der Waals surface area (Å²) < 4.78 is 43.4. The van der Waals surface area contributed by atoms with Gasteiger partial charge in [-0.3, -0.25) is 9.59 Å². The van der Waals surface area contributed by atoms with Crippen molar-refractivity contribution in [3.05, 3.63) is 36.0 Å². The lowest BCUT2D eigenvalue weighted by atomic mass is 9.69. The molecule has 6 aliphatic rings. The molecule has 6 unspecified atom stereocenters. The Morgan fingerprint density at radius 3 is 2.35 bits per heavy atom. The lowest BCUT2D eigenvalue weighted by Crippen LogP contribution is -2.59. The van der Waals surface area contributed by atoms with E-state index in [2.05, 4.69) is 57.1 Å². The van der Waals surface area contributed by atoms with Crippen LogP contribution in [0.5, 0.6) is 0 Å². The zero-order chi connectivity index (χ0) is 38.7. The van der Waals surface area contributed by atoms with Gasteiger partial charge in [0, 0.05) is 20.3 Å². The van der Waals surface area contributed by atoms with E-state index in [1.54, 1.807) is 14.2 Å². The standard InChI is InChI=1S/C43H67NO10/c1-9-10-12-30-13-11-14-35(54-37-18-17-34(44(5)6)26(3)50-37)43(19-20-43)41(47)25(2)21-32-29(23-36(45)52-30)16-15-28-22-31(24-33(28)32)53-42-40(49-8)38(46)39(48-7)27(4)51-42/h10,12,15-16,21,26-35,37-40,42,46H,9,11,13-14,17-20,22-24H2,1-8H3/b12-10+,25-21+/t26-,27+,28?,29?,30+,31?,32?,33?,34+,35+,37?,38-,39+,40-,42+/m1/s1. The fourth-order valence-electron chi connectivity index (χ4n) is 10.2. The zero-order valence-corrected chi connectivity index (χ0v) is 33.9. The van der Waals surface area contributed by atoms with Crippen molar-refractivity contribution in [2.75, 3.05) is 28.3 Å². The van der Waals surface area contributed by atoms with E-state index in [4.69, 9.17) is 33.2 Å². The molecule has 0 aromatic carbocycles. The number of rotatable bonds is 9. The van der Waals surface area contributed by atoms with Crippen LogP contribution in [0.25, 0.3) is 0 Å². The monoisotopic (exact) mass is 757 g/mol. The molecule has 11 nitrogen and oxygen atoms in total. The van der Waals surface area contributed by atoms with E-state index in [0.717, 1.165) is 56.9 Å². The molecule has 1 spiro atoms. The number of fused-ring (bicyclic) bond motifs is 3. The molecule has 304 valence electrons. The molecule has 6 rings (SSSR count). The van der Waals surface area contributed by atoms with Crippen LogP contribution in [0, 0.1) is 29.1 Å². The van der Waals surface area contributed by atoms with Crippen LogP contribution in [0.15, 0.2) is 36.0 Å². The lowest BCUT2D eigenvalue weighted by molar-refractivity contribution is -0.311. The zero-order valence-electron chi connectivity index (χ0n) is 33.9. The van der Waals surface area contributed by atoms with Gasteiger partial charge in [0.1, 0.15) is 24.4 Å². The quantitative estimate of drug-likeness (QED) is 0.223. The molecule has 0 radical (unpaired) electrons. The van der Waals surface area contributed by atoms with Crippen molar-refractivity contribution in [3.63, 3.8) is 0 Å². The van der Waals surface area contributed by atoms with Crippen LogP contribution < -0.4 is 0 Å². The number of nitrogens with zero attached hydrogens (tertiary/aromatic N) is 1. The second-order valence-electron chi connectivity index (χ2n) is 17.1. The van der Waals surface area contributed by atoms with E-state index in [0.29, 0.717) is 18.9 Å². The number of carbonyl (C=O) groups is 2. The predicted molar refractivity (Wildman–Crippen MR) is 203 cm³/mol. The van der Waals surface area contributed by atoms with E-state index in [9.17, 15) is 14.7 Å². The Bertz CT molecular complexity index is 1380. The van der Waals surface area contributed by atoms with Crippen molar-refractivity contribution < 1.29 is 47.9 Å². The number of hydrogen-bond donors (Lipinski definition) is 1. The molecular formula is C43H67NO10. The van der Waals surface area contributed by atoms with Gasteiger partial charge in [0.25, 0.3) is 0 Å². The Hall–Kier alpha value is -1.96. The number of Topliss-reactive ketones (excluding diaryl/α,β-unsaturated/α-hetero) is 1. The minimum absolute atomic E-state index is 0.0250. The molecule has 15 atom stereocenters. The first-order chi connectivity index (χ1) is 25.9. The topological polar surface area (TPSA) is 122 Å². The van der Waals surface area contributed by atoms with Crippen LogP contribution in [0.1, 0.15) is 98.3 Å². The van der Waals surface area contributed by atoms with E-state index < -0.39 is 30.0 Å². The molecule has 4 fully saturated rings. The van der Waals surface area contributed by atoms with Crippen molar-refractivity contribution in [1.29, 1.82) is 0 Å². The minimum Gasteiger partial charge on any atom is -0.458 e. The van der Waals surface area contributed by atoms with Crippen LogP contribution in [-0.2, 0) is 42.7 Å². The average Bonchev–Trinajstić information content (AvgIpc) is 3.83. The normalized spacial score (nSPS) is 44.0. The summed E-state index contributed by atoms with van der Waals surface area (Å²) in [6.45, 7) is 8.01. The number of cyclic esters (lactones) is 1. The number of hydrogen-bond acceptors (Lipinski definition) is 11. The van der Waals surface area contributed by atoms with Crippen LogP contribution >= 0.6 is 0 Å². The van der Waals surface area contributed by atoms with Crippen LogP contribution in [0.2, 0.25) is 0 Å². The fourth-order valence-corrected chi connectivity index (χ4v) is 10.2. The number of likely N-dealkylation sites (N-methyl/N-ethyl adjacent to an activating group) is 1. The highest BCUT2D eigenvalue weighted by molar-refractivity contribution is 6.01. The number of aliphatic hydroxyl groups is 1. The fraction of sp³-hybridized carbons (Fsp3) is 0.814. The number of ketones is 1. The van der Waals surface area contributed by atoms with Gasteiger partial charge >= 0.3 is 5.97 Å². The third kappa shape index (κ3) is 9.09. The van der Waals surface area contributed by atoms with Crippen molar-refractivity contribution in [3.8, 4) is 0 Å². The first-order valence-electron chi connectivity index (χ1n) is 20.7. The van der Waals surface area contributed by atoms with Gasteiger partial charge in [-0.05, 0) is 134 Å². The predicted octanol–water partition coefficient (Wildman–Crippen LogP) is 5.92. The number of esters is 1. The number of allylic oxidation sites excluding steroid dienone is 5. The summed E-state index contributed by atoms with van der Waals surface area (Å²) in [6.07, 6.45) is 14.4. The van der Waals surface area contributed by atoms with Gasteiger partial charge in [-0.1, -0.05) is 31.2 Å². The van der Waals surface area contributed by atoms with Crippen molar-refractivity contribution in [2.45, 2.75) is 166 Å². The van der Waals surface area contributed by atoms with E-state index in [1.165, 1.54) is 0 Å². The number of methoxy groups -OCH3 is 2. The molecule has 11 heteroatoms. The highest BCUT2D eigenvalue weighted by Gasteiger charge is 2.57. The van der Waals surface area contributed by atoms with Crippen molar-refractivity contribution >= 4 is 11.8 Å². The van der Waals surface area contributed by atoms with Crippen molar-refractivity contribution in [1.82, 2.24) is 4.90 Å². The summed E-state index contributed by atoms with van der Waals surface area (Å²) in [6, 6.07) is 0.327. The lowest BCUT2D eigenvalue weighted by Gasteiger charge is -2.42. The summed E-state index contributed by atoms with van der Waals surface area (Å²) in [5.74, 6) is 0.101. The van der Waals surface area contributed by atoms with Crippen LogP contribution in [-0.4, -0.2) is 118 Å². The van der Waals surface area contributed by atoms with Gasteiger partial charge in [-0.2, -0.15) is 0 Å². The molecule has 3 aliphatic heterocycles. The summed E-state index contributed by atoms with van der Waals surface area (Å²) in [7, 11) is 7.28. The van der Waals surface area contributed by atoms with Crippen LogP contribution in [0.4, 0.5) is 0 Å². The molecular weight excluding hydrogens is 690 g/mol. The van der Waals surface area contributed by atoms with Gasteiger partial charge < -0.3 is 43.2 Å². The largest absolute Gasteiger partial charge is 0.458 e. The van der Waals surface area contributed by atoms with Crippen LogP contribution in [0.3, 0.4) is 0 Å². The molecule has 2 saturated carbocycles. The number of carbonyl (C=O) groups excluding carboxylic acids is 2. The number of ether oxygens (including phenoxy) is 7. The molecule has 3 aliphatic carbocycles. The molecule has 0 aromatic heterocycles. The molecule has 3 heterocycles. The van der Waals surface area contributed by atoms with Crippen molar-refractivity contribution in [2.24, 2.45) is 29.1 Å². The first-order valence-corrected chi connectivity index (χ1v) is 20.7. The van der Waals surface area contributed by atoms with Gasteiger partial charge in [-0.15, -0.1) is 0 Å². The third-order valence-corrected chi connectivity index (χ3v) is 13.3. The van der Waals surface area contributed by atoms with Gasteiger partial charge in [0.05, 0.1) is 36.3 Å². The third-order valence-electron chi connectivity index (χ3n) is 13.3. The Balaban J connectivity index is 1.25. The highest BCUT2D eigenvalue weighted by Crippen LogP contribution is 2.55. The molecule has 1 N–H and O–H groups in total. The van der Waals surface area contributed by atoms with Gasteiger partial charge in [0.2, 0.25) is 0 Å². The molecule has 2 saturated heterocycles. The van der Waals surface area contributed by atoms with Gasteiger partial charge in [0.15, 0.2) is 18.4 Å². The Morgan fingerprint density at radius 1 is 0.944 bits per heavy atom. The summed E-state index contributed by atoms with van der Waals surface area (Å²) in [5, 5.41) is 11.0. The SMILES string of the molecule is CC/C=C/[C@H]1CCC[C@H](OC2CC[C@H](N(C)C)[C@@H](C)O2)C2(CC2)C(=O)/C(C)=C/C2C(C=CC3CC(O[C@@H]4O[C@@H](C)[C@H](OC)[C@@H](O)[C@H]4OC)CC32)CC(=O)O1. The van der Waals surface area contributed by atoms with E-state index in [1.807, 2.05) is 19.9 Å². The first kappa shape index (κ1) is 41.7. The molecule has 0 aromatic rings. The highest BCUT2D eigenvalue weighted by atomic mass is 16.7. The van der Waals surface area contributed by atoms with E-state index in [-0.39, 0.29) is 78.7 Å². The average molecular weight is 758 g/mol.